The number of imide groups is 1. The van der Waals surface area contributed by atoms with Crippen LogP contribution in [0.25, 0.3) is 22.5 Å². The number of hydrogen-bond acceptors (Lipinski definition) is 4. The van der Waals surface area contributed by atoms with Crippen molar-refractivity contribution >= 4 is 28.8 Å². The van der Waals surface area contributed by atoms with E-state index in [2.05, 4.69) is 5.10 Å². The van der Waals surface area contributed by atoms with Gasteiger partial charge in [0.05, 0.1) is 11.4 Å². The SMILES string of the molecule is Cc1ccc(N2C(=O)C(c3c(-c4ccccc4)nn(C)c3[O-])=C([n+]3cccc(C)c3)C2=O)cc1. The summed E-state index contributed by atoms with van der Waals surface area (Å²) in [5.74, 6) is -1.49. The van der Waals surface area contributed by atoms with Gasteiger partial charge in [0.2, 0.25) is 0 Å². The fourth-order valence-corrected chi connectivity index (χ4v) is 4.18. The highest BCUT2D eigenvalue weighted by Crippen LogP contribution is 2.40. The van der Waals surface area contributed by atoms with Crippen LogP contribution in [0, 0.1) is 13.8 Å². The highest BCUT2D eigenvalue weighted by molar-refractivity contribution is 6.53. The van der Waals surface area contributed by atoms with Crippen LogP contribution in [-0.4, -0.2) is 21.6 Å². The van der Waals surface area contributed by atoms with Crippen LogP contribution >= 0.6 is 0 Å². The van der Waals surface area contributed by atoms with Gasteiger partial charge in [-0.25, -0.2) is 4.90 Å². The van der Waals surface area contributed by atoms with Gasteiger partial charge in [-0.1, -0.05) is 48.0 Å². The molecule has 34 heavy (non-hydrogen) atoms. The molecule has 3 heterocycles. The molecular formula is C27H22N4O3. The van der Waals surface area contributed by atoms with Crippen molar-refractivity contribution < 1.29 is 19.3 Å². The maximum atomic E-state index is 13.9. The molecule has 2 aromatic heterocycles. The van der Waals surface area contributed by atoms with Crippen molar-refractivity contribution in [3.05, 3.63) is 95.8 Å². The number of rotatable bonds is 4. The van der Waals surface area contributed by atoms with Crippen molar-refractivity contribution in [2.75, 3.05) is 4.90 Å². The van der Waals surface area contributed by atoms with Crippen LogP contribution in [0.15, 0.2) is 79.1 Å². The fourth-order valence-electron chi connectivity index (χ4n) is 4.18. The number of pyridine rings is 1. The predicted octanol–water partition coefficient (Wildman–Crippen LogP) is 3.01. The Morgan fingerprint density at radius 3 is 2.24 bits per heavy atom. The van der Waals surface area contributed by atoms with E-state index >= 15 is 0 Å². The first kappa shape index (κ1) is 21.3. The lowest BCUT2D eigenvalue weighted by Gasteiger charge is -2.15. The lowest BCUT2D eigenvalue weighted by atomic mass is 10.00. The second kappa shape index (κ2) is 8.12. The third kappa shape index (κ3) is 3.38. The minimum Gasteiger partial charge on any atom is -0.858 e. The second-order valence-electron chi connectivity index (χ2n) is 8.31. The van der Waals surface area contributed by atoms with Gasteiger partial charge >= 0.3 is 5.91 Å². The summed E-state index contributed by atoms with van der Waals surface area (Å²) >= 11 is 0. The molecule has 0 radical (unpaired) electrons. The van der Waals surface area contributed by atoms with E-state index in [4.69, 9.17) is 0 Å². The average molecular weight is 450 g/mol. The van der Waals surface area contributed by atoms with Gasteiger partial charge < -0.3 is 5.11 Å². The molecule has 2 amide bonds. The van der Waals surface area contributed by atoms with Crippen molar-refractivity contribution in [1.29, 1.82) is 0 Å². The molecule has 0 atom stereocenters. The predicted molar refractivity (Wildman–Crippen MR) is 126 cm³/mol. The highest BCUT2D eigenvalue weighted by atomic mass is 16.3. The topological polar surface area (TPSA) is 82.1 Å². The zero-order valence-corrected chi connectivity index (χ0v) is 19.0. The summed E-state index contributed by atoms with van der Waals surface area (Å²) < 4.78 is 2.82. The number of carbonyl (C=O) groups is 2. The van der Waals surface area contributed by atoms with Gasteiger partial charge in [-0.3, -0.25) is 14.3 Å². The lowest BCUT2D eigenvalue weighted by Crippen LogP contribution is -2.39. The van der Waals surface area contributed by atoms with Crippen LogP contribution in [-0.2, 0) is 16.6 Å². The summed E-state index contributed by atoms with van der Waals surface area (Å²) in [6, 6.07) is 20.0. The molecule has 2 aromatic carbocycles. The zero-order valence-electron chi connectivity index (χ0n) is 19.0. The first-order valence-corrected chi connectivity index (χ1v) is 10.8. The molecule has 0 spiro atoms. The van der Waals surface area contributed by atoms with E-state index < -0.39 is 17.7 Å². The Morgan fingerprint density at radius 2 is 1.56 bits per heavy atom. The number of carbonyl (C=O) groups excluding carboxylic acids is 2. The first-order chi connectivity index (χ1) is 16.4. The Hall–Kier alpha value is -4.52. The van der Waals surface area contributed by atoms with Crippen LogP contribution in [0.4, 0.5) is 5.69 Å². The normalized spacial score (nSPS) is 13.8. The minimum absolute atomic E-state index is 0.0399. The lowest BCUT2D eigenvalue weighted by molar-refractivity contribution is -0.577. The second-order valence-corrected chi connectivity index (χ2v) is 8.31. The van der Waals surface area contributed by atoms with E-state index in [9.17, 15) is 14.7 Å². The van der Waals surface area contributed by atoms with E-state index in [0.29, 0.717) is 16.9 Å². The molecule has 0 unspecified atom stereocenters. The van der Waals surface area contributed by atoms with Crippen LogP contribution in [0.2, 0.25) is 0 Å². The van der Waals surface area contributed by atoms with Crippen molar-refractivity contribution in [1.82, 2.24) is 9.78 Å². The van der Waals surface area contributed by atoms with Crippen molar-refractivity contribution in [2.24, 2.45) is 7.05 Å². The van der Waals surface area contributed by atoms with Gasteiger partial charge in [0.25, 0.3) is 11.6 Å². The summed E-state index contributed by atoms with van der Waals surface area (Å²) in [7, 11) is 1.54. The summed E-state index contributed by atoms with van der Waals surface area (Å²) in [6.07, 6.45) is 3.47. The molecule has 7 heteroatoms. The van der Waals surface area contributed by atoms with Gasteiger partial charge in [-0.15, -0.1) is 0 Å². The molecule has 1 aliphatic heterocycles. The summed E-state index contributed by atoms with van der Waals surface area (Å²) in [4.78, 5) is 28.8. The molecule has 4 aromatic rings. The Bertz CT molecular complexity index is 1470. The molecule has 5 rings (SSSR count). The standard InChI is InChI=1S/C27H22N4O3/c1-17-11-13-20(14-12-17)31-26(33)22(24(27(31)34)30-15-7-8-18(2)16-30)21-23(28-29(3)25(21)32)19-9-5-4-6-10-19/h4-16H,1-3H3. The van der Waals surface area contributed by atoms with E-state index in [-0.39, 0.29) is 16.8 Å². The molecule has 1 aliphatic rings. The maximum absolute atomic E-state index is 13.9. The van der Waals surface area contributed by atoms with E-state index in [1.807, 2.05) is 62.4 Å². The Morgan fingerprint density at radius 1 is 0.853 bits per heavy atom. The molecule has 0 N–H and O–H groups in total. The van der Waals surface area contributed by atoms with Crippen LogP contribution < -0.4 is 14.6 Å². The van der Waals surface area contributed by atoms with E-state index in [0.717, 1.165) is 16.0 Å². The monoisotopic (exact) mass is 450 g/mol. The molecule has 168 valence electrons. The summed E-state index contributed by atoms with van der Waals surface area (Å²) in [6.45, 7) is 3.83. The Labute approximate surface area is 196 Å². The maximum Gasteiger partial charge on any atom is 0.331 e. The van der Waals surface area contributed by atoms with Gasteiger partial charge in [-0.05, 0) is 37.9 Å². The number of hydrogen-bond donors (Lipinski definition) is 0. The molecule has 0 bridgehead atoms. The Balaban J connectivity index is 1.80. The van der Waals surface area contributed by atoms with Gasteiger partial charge in [0, 0.05) is 29.8 Å². The van der Waals surface area contributed by atoms with E-state index in [1.54, 1.807) is 35.2 Å². The van der Waals surface area contributed by atoms with Crippen LogP contribution in [0.1, 0.15) is 16.7 Å². The van der Waals surface area contributed by atoms with Gasteiger partial charge in [0.15, 0.2) is 12.4 Å². The zero-order chi connectivity index (χ0) is 24.0. The fraction of sp³-hybridized carbons (Fsp3) is 0.111. The third-order valence-electron chi connectivity index (χ3n) is 5.85. The van der Waals surface area contributed by atoms with Crippen molar-refractivity contribution in [2.45, 2.75) is 13.8 Å². The molecule has 0 saturated heterocycles. The number of aromatic nitrogens is 3. The number of nitrogens with zero attached hydrogens (tertiary/aromatic N) is 4. The number of amides is 2. The molecular weight excluding hydrogens is 428 g/mol. The summed E-state index contributed by atoms with van der Waals surface area (Å²) in [5, 5.41) is 17.7. The van der Waals surface area contributed by atoms with Crippen molar-refractivity contribution in [3.63, 3.8) is 0 Å². The Kier molecular flexibility index (Phi) is 5.09. The number of benzene rings is 2. The summed E-state index contributed by atoms with van der Waals surface area (Å²) in [5.41, 5.74) is 3.68. The quantitative estimate of drug-likeness (QED) is 0.354. The smallest absolute Gasteiger partial charge is 0.331 e. The van der Waals surface area contributed by atoms with Crippen LogP contribution in [0.5, 0.6) is 5.88 Å². The largest absolute Gasteiger partial charge is 0.858 e. The van der Waals surface area contributed by atoms with Crippen molar-refractivity contribution in [3.8, 4) is 17.1 Å². The highest BCUT2D eigenvalue weighted by Gasteiger charge is 2.47. The van der Waals surface area contributed by atoms with E-state index in [1.165, 1.54) is 11.7 Å². The van der Waals surface area contributed by atoms with Gasteiger partial charge in [-0.2, -0.15) is 9.67 Å². The third-order valence-corrected chi connectivity index (χ3v) is 5.85. The number of aryl methyl sites for hydroxylation is 3. The van der Waals surface area contributed by atoms with Crippen LogP contribution in [0.3, 0.4) is 0 Å². The first-order valence-electron chi connectivity index (χ1n) is 10.8. The average Bonchev–Trinajstić information content (AvgIpc) is 3.26. The number of anilines is 1. The minimum atomic E-state index is -0.555. The van der Waals surface area contributed by atoms with Gasteiger partial charge in [0.1, 0.15) is 5.57 Å². The molecule has 0 fully saturated rings. The molecule has 0 aliphatic carbocycles. The molecule has 0 saturated carbocycles. The molecule has 7 nitrogen and oxygen atoms in total.